The lowest BCUT2D eigenvalue weighted by atomic mass is 10.0. The van der Waals surface area contributed by atoms with E-state index < -0.39 is 4.92 Å². The highest BCUT2D eigenvalue weighted by molar-refractivity contribution is 5.95. The van der Waals surface area contributed by atoms with Gasteiger partial charge in [-0.25, -0.2) is 0 Å². The van der Waals surface area contributed by atoms with Crippen LogP contribution in [0.15, 0.2) is 12.1 Å². The smallest absolute Gasteiger partial charge is 0.293 e. The van der Waals surface area contributed by atoms with Crippen molar-refractivity contribution < 1.29 is 9.72 Å². The summed E-state index contributed by atoms with van der Waals surface area (Å²) in [6, 6.07) is 3.14. The molecule has 0 aromatic heterocycles. The lowest BCUT2D eigenvalue weighted by Crippen LogP contribution is -2.48. The third kappa shape index (κ3) is 2.33. The minimum Gasteiger partial charge on any atom is -0.320 e. The SMILES string of the molecule is Cc1cc(NC(=O)C2CNC2)c([N+](=O)[O-])cc1C. The summed E-state index contributed by atoms with van der Waals surface area (Å²) in [5.74, 6) is -0.258. The van der Waals surface area contributed by atoms with Crippen LogP contribution in [0.3, 0.4) is 0 Å². The quantitative estimate of drug-likeness (QED) is 0.626. The third-order valence-electron chi connectivity index (χ3n) is 3.22. The number of anilines is 1. The van der Waals surface area contributed by atoms with Crippen molar-refractivity contribution in [3.8, 4) is 0 Å². The van der Waals surface area contributed by atoms with Crippen molar-refractivity contribution in [2.75, 3.05) is 18.4 Å². The fourth-order valence-electron chi connectivity index (χ4n) is 1.76. The minimum atomic E-state index is -0.471. The molecular formula is C12H15N3O3. The molecule has 6 nitrogen and oxygen atoms in total. The summed E-state index contributed by atoms with van der Waals surface area (Å²) < 4.78 is 0. The van der Waals surface area contributed by atoms with Crippen LogP contribution in [-0.4, -0.2) is 23.9 Å². The number of nitrogens with zero attached hydrogens (tertiary/aromatic N) is 1. The van der Waals surface area contributed by atoms with E-state index in [0.29, 0.717) is 13.1 Å². The summed E-state index contributed by atoms with van der Waals surface area (Å²) >= 11 is 0. The van der Waals surface area contributed by atoms with Crippen molar-refractivity contribution in [3.05, 3.63) is 33.4 Å². The van der Waals surface area contributed by atoms with E-state index in [1.165, 1.54) is 6.07 Å². The first-order chi connectivity index (χ1) is 8.49. The highest BCUT2D eigenvalue weighted by atomic mass is 16.6. The molecule has 1 saturated heterocycles. The van der Waals surface area contributed by atoms with Crippen LogP contribution in [0.25, 0.3) is 0 Å². The summed E-state index contributed by atoms with van der Waals surface area (Å²) in [5.41, 5.74) is 1.98. The van der Waals surface area contributed by atoms with Gasteiger partial charge in [0.2, 0.25) is 5.91 Å². The van der Waals surface area contributed by atoms with E-state index in [0.717, 1.165) is 11.1 Å². The van der Waals surface area contributed by atoms with Gasteiger partial charge in [-0.2, -0.15) is 0 Å². The molecule has 2 rings (SSSR count). The number of aryl methyl sites for hydroxylation is 2. The second kappa shape index (κ2) is 4.73. The van der Waals surface area contributed by atoms with E-state index >= 15 is 0 Å². The zero-order chi connectivity index (χ0) is 13.3. The van der Waals surface area contributed by atoms with Gasteiger partial charge in [0.1, 0.15) is 5.69 Å². The van der Waals surface area contributed by atoms with Gasteiger partial charge in [0.15, 0.2) is 0 Å². The Balaban J connectivity index is 2.27. The predicted molar refractivity (Wildman–Crippen MR) is 67.6 cm³/mol. The predicted octanol–water partition coefficient (Wildman–Crippen LogP) is 1.37. The molecule has 1 aromatic rings. The first kappa shape index (κ1) is 12.5. The zero-order valence-corrected chi connectivity index (χ0v) is 10.3. The number of rotatable bonds is 3. The molecule has 1 aliphatic rings. The molecular weight excluding hydrogens is 234 g/mol. The topological polar surface area (TPSA) is 84.3 Å². The minimum absolute atomic E-state index is 0.0567. The van der Waals surface area contributed by atoms with E-state index in [9.17, 15) is 14.9 Å². The molecule has 1 aliphatic heterocycles. The van der Waals surface area contributed by atoms with Gasteiger partial charge in [0.05, 0.1) is 10.8 Å². The van der Waals surface area contributed by atoms with Gasteiger partial charge in [-0.15, -0.1) is 0 Å². The van der Waals surface area contributed by atoms with E-state index in [4.69, 9.17) is 0 Å². The second-order valence-electron chi connectivity index (χ2n) is 4.56. The molecule has 1 amide bonds. The van der Waals surface area contributed by atoms with E-state index in [-0.39, 0.29) is 23.2 Å². The molecule has 18 heavy (non-hydrogen) atoms. The standard InChI is InChI=1S/C12H15N3O3/c1-7-3-10(11(15(17)18)4-8(7)2)14-12(16)9-5-13-6-9/h3-4,9,13H,5-6H2,1-2H3,(H,14,16). The molecule has 2 N–H and O–H groups in total. The fourth-order valence-corrected chi connectivity index (χ4v) is 1.76. The van der Waals surface area contributed by atoms with Crippen LogP contribution in [0, 0.1) is 29.9 Å². The molecule has 0 bridgehead atoms. The van der Waals surface area contributed by atoms with E-state index in [1.807, 2.05) is 13.8 Å². The van der Waals surface area contributed by atoms with Crippen LogP contribution >= 0.6 is 0 Å². The Morgan fingerprint density at radius 2 is 2.00 bits per heavy atom. The number of nitro benzene ring substituents is 1. The lowest BCUT2D eigenvalue weighted by molar-refractivity contribution is -0.384. The van der Waals surface area contributed by atoms with Crippen LogP contribution in [0.1, 0.15) is 11.1 Å². The molecule has 1 aromatic carbocycles. The number of benzene rings is 1. The largest absolute Gasteiger partial charge is 0.320 e. The maximum atomic E-state index is 11.8. The second-order valence-corrected chi connectivity index (χ2v) is 4.56. The Labute approximate surface area is 105 Å². The Bertz CT molecular complexity index is 510. The van der Waals surface area contributed by atoms with Crippen LogP contribution in [0.2, 0.25) is 0 Å². The van der Waals surface area contributed by atoms with Crippen molar-refractivity contribution in [1.29, 1.82) is 0 Å². The molecule has 1 fully saturated rings. The zero-order valence-electron chi connectivity index (χ0n) is 10.3. The van der Waals surface area contributed by atoms with Crippen molar-refractivity contribution >= 4 is 17.3 Å². The molecule has 0 aliphatic carbocycles. The van der Waals surface area contributed by atoms with Gasteiger partial charge >= 0.3 is 0 Å². The summed E-state index contributed by atoms with van der Waals surface area (Å²) in [6.07, 6.45) is 0. The molecule has 0 spiro atoms. The van der Waals surface area contributed by atoms with Crippen molar-refractivity contribution in [2.45, 2.75) is 13.8 Å². The van der Waals surface area contributed by atoms with Crippen molar-refractivity contribution in [3.63, 3.8) is 0 Å². The highest BCUT2D eigenvalue weighted by Gasteiger charge is 2.27. The van der Waals surface area contributed by atoms with Crippen LogP contribution in [0.4, 0.5) is 11.4 Å². The van der Waals surface area contributed by atoms with Crippen LogP contribution in [0.5, 0.6) is 0 Å². The van der Waals surface area contributed by atoms with E-state index in [1.54, 1.807) is 6.07 Å². The Kier molecular flexibility index (Phi) is 3.29. The summed E-state index contributed by atoms with van der Waals surface area (Å²) in [7, 11) is 0. The Morgan fingerprint density at radius 3 is 2.50 bits per heavy atom. The first-order valence-electron chi connectivity index (χ1n) is 5.76. The third-order valence-corrected chi connectivity index (χ3v) is 3.22. The Morgan fingerprint density at radius 1 is 1.39 bits per heavy atom. The highest BCUT2D eigenvalue weighted by Crippen LogP contribution is 2.28. The van der Waals surface area contributed by atoms with Crippen molar-refractivity contribution in [1.82, 2.24) is 5.32 Å². The lowest BCUT2D eigenvalue weighted by Gasteiger charge is -2.25. The number of nitrogens with one attached hydrogen (secondary N) is 2. The fraction of sp³-hybridized carbons (Fsp3) is 0.417. The molecule has 0 radical (unpaired) electrons. The van der Waals surface area contributed by atoms with Crippen LogP contribution < -0.4 is 10.6 Å². The summed E-state index contributed by atoms with van der Waals surface area (Å²) in [4.78, 5) is 22.3. The monoisotopic (exact) mass is 249 g/mol. The summed E-state index contributed by atoms with van der Waals surface area (Å²) in [6.45, 7) is 4.93. The average molecular weight is 249 g/mol. The van der Waals surface area contributed by atoms with E-state index in [2.05, 4.69) is 10.6 Å². The van der Waals surface area contributed by atoms with Crippen LogP contribution in [-0.2, 0) is 4.79 Å². The summed E-state index contributed by atoms with van der Waals surface area (Å²) in [5, 5.41) is 16.6. The normalized spacial score (nSPS) is 15.0. The molecule has 0 unspecified atom stereocenters. The van der Waals surface area contributed by atoms with Gasteiger partial charge in [-0.1, -0.05) is 0 Å². The molecule has 0 saturated carbocycles. The number of hydrogen-bond acceptors (Lipinski definition) is 4. The number of amides is 1. The first-order valence-corrected chi connectivity index (χ1v) is 5.76. The number of hydrogen-bond donors (Lipinski definition) is 2. The average Bonchev–Trinajstić information content (AvgIpc) is 2.19. The van der Waals surface area contributed by atoms with Gasteiger partial charge in [-0.05, 0) is 31.0 Å². The Hall–Kier alpha value is -1.95. The maximum Gasteiger partial charge on any atom is 0.293 e. The number of carbonyl (C=O) groups is 1. The number of carbonyl (C=O) groups excluding carboxylic acids is 1. The van der Waals surface area contributed by atoms with Gasteiger partial charge in [0.25, 0.3) is 5.69 Å². The van der Waals surface area contributed by atoms with Gasteiger partial charge in [-0.3, -0.25) is 14.9 Å². The molecule has 96 valence electrons. The maximum absolute atomic E-state index is 11.8. The van der Waals surface area contributed by atoms with Gasteiger partial charge in [0, 0.05) is 19.2 Å². The van der Waals surface area contributed by atoms with Crippen molar-refractivity contribution in [2.24, 2.45) is 5.92 Å². The molecule has 0 atom stereocenters. The molecule has 6 heteroatoms. The number of nitro groups is 1. The van der Waals surface area contributed by atoms with Gasteiger partial charge < -0.3 is 10.6 Å². The molecule has 1 heterocycles.